The standard InChI is InChI=1S/C17H11ClF2N2O2/c1-9-15(16(22-24-9)11-4-2-3-5-12(11)18)17(23)21-14-8-10(19)6-7-13(14)20/h2-8H,1H3,(H,21,23). The normalized spacial score (nSPS) is 10.7. The highest BCUT2D eigenvalue weighted by molar-refractivity contribution is 6.33. The van der Waals surface area contributed by atoms with E-state index in [1.807, 2.05) is 0 Å². The molecule has 1 heterocycles. The zero-order chi connectivity index (χ0) is 17.3. The zero-order valence-corrected chi connectivity index (χ0v) is 13.2. The number of carbonyl (C=O) groups is 1. The summed E-state index contributed by atoms with van der Waals surface area (Å²) in [6.45, 7) is 1.55. The van der Waals surface area contributed by atoms with Gasteiger partial charge in [0.1, 0.15) is 28.7 Å². The molecule has 1 amide bonds. The van der Waals surface area contributed by atoms with Gasteiger partial charge in [0.25, 0.3) is 5.91 Å². The first-order valence-corrected chi connectivity index (χ1v) is 7.32. The SMILES string of the molecule is Cc1onc(-c2ccccc2Cl)c1C(=O)Nc1cc(F)ccc1F. The average Bonchev–Trinajstić information content (AvgIpc) is 2.93. The van der Waals surface area contributed by atoms with Crippen molar-refractivity contribution in [2.24, 2.45) is 0 Å². The molecule has 0 radical (unpaired) electrons. The van der Waals surface area contributed by atoms with Crippen LogP contribution in [0.1, 0.15) is 16.1 Å². The summed E-state index contributed by atoms with van der Waals surface area (Å²) < 4.78 is 32.0. The Balaban J connectivity index is 2.01. The van der Waals surface area contributed by atoms with Crippen molar-refractivity contribution in [3.8, 4) is 11.3 Å². The first kappa shape index (κ1) is 16.1. The molecule has 4 nitrogen and oxygen atoms in total. The van der Waals surface area contributed by atoms with Crippen LogP contribution in [0.5, 0.6) is 0 Å². The third-order valence-corrected chi connectivity index (χ3v) is 3.72. The smallest absolute Gasteiger partial charge is 0.261 e. The number of hydrogen-bond acceptors (Lipinski definition) is 3. The minimum Gasteiger partial charge on any atom is -0.360 e. The van der Waals surface area contributed by atoms with E-state index < -0.39 is 17.5 Å². The predicted molar refractivity (Wildman–Crippen MR) is 86.0 cm³/mol. The number of amides is 1. The quantitative estimate of drug-likeness (QED) is 0.737. The number of anilines is 1. The van der Waals surface area contributed by atoms with Crippen molar-refractivity contribution in [1.29, 1.82) is 0 Å². The van der Waals surface area contributed by atoms with Crippen molar-refractivity contribution in [2.45, 2.75) is 6.92 Å². The third-order valence-electron chi connectivity index (χ3n) is 3.40. The molecule has 0 fully saturated rings. The maximum atomic E-state index is 13.7. The molecule has 0 aliphatic rings. The van der Waals surface area contributed by atoms with Crippen molar-refractivity contribution in [2.75, 3.05) is 5.32 Å². The van der Waals surface area contributed by atoms with Crippen LogP contribution in [-0.4, -0.2) is 11.1 Å². The van der Waals surface area contributed by atoms with E-state index in [1.165, 1.54) is 0 Å². The lowest BCUT2D eigenvalue weighted by molar-refractivity contribution is 0.102. The maximum Gasteiger partial charge on any atom is 0.261 e. The molecule has 3 rings (SSSR count). The van der Waals surface area contributed by atoms with Gasteiger partial charge < -0.3 is 9.84 Å². The lowest BCUT2D eigenvalue weighted by Crippen LogP contribution is -2.14. The summed E-state index contributed by atoms with van der Waals surface area (Å²) in [6.07, 6.45) is 0. The van der Waals surface area contributed by atoms with Gasteiger partial charge in [0.15, 0.2) is 0 Å². The number of rotatable bonds is 3. The van der Waals surface area contributed by atoms with Crippen LogP contribution in [0.25, 0.3) is 11.3 Å². The second kappa shape index (κ2) is 6.41. The molecule has 0 saturated heterocycles. The molecule has 1 aromatic heterocycles. The van der Waals surface area contributed by atoms with Crippen LogP contribution < -0.4 is 5.32 Å². The van der Waals surface area contributed by atoms with Gasteiger partial charge in [0, 0.05) is 11.6 Å². The summed E-state index contributed by atoms with van der Waals surface area (Å²) in [7, 11) is 0. The Kier molecular flexibility index (Phi) is 4.31. The van der Waals surface area contributed by atoms with Crippen molar-refractivity contribution in [3.63, 3.8) is 0 Å². The first-order chi connectivity index (χ1) is 11.5. The van der Waals surface area contributed by atoms with Crippen molar-refractivity contribution >= 4 is 23.2 Å². The molecule has 0 aliphatic heterocycles. The van der Waals surface area contributed by atoms with Gasteiger partial charge in [-0.1, -0.05) is 35.0 Å². The minimum atomic E-state index is -0.752. The molecule has 2 aromatic carbocycles. The minimum absolute atomic E-state index is 0.103. The van der Waals surface area contributed by atoms with E-state index in [4.69, 9.17) is 16.1 Å². The molecular weight excluding hydrogens is 338 g/mol. The Morgan fingerprint density at radius 2 is 1.96 bits per heavy atom. The molecule has 122 valence electrons. The number of carbonyl (C=O) groups excluding carboxylic acids is 1. The van der Waals surface area contributed by atoms with E-state index in [2.05, 4.69) is 10.5 Å². The van der Waals surface area contributed by atoms with E-state index in [-0.39, 0.29) is 22.7 Å². The maximum absolute atomic E-state index is 13.7. The highest BCUT2D eigenvalue weighted by Gasteiger charge is 2.23. The van der Waals surface area contributed by atoms with Crippen LogP contribution in [0.2, 0.25) is 5.02 Å². The van der Waals surface area contributed by atoms with E-state index in [0.717, 1.165) is 18.2 Å². The van der Waals surface area contributed by atoms with E-state index in [1.54, 1.807) is 31.2 Å². The Morgan fingerprint density at radius 3 is 2.71 bits per heavy atom. The Morgan fingerprint density at radius 1 is 1.21 bits per heavy atom. The van der Waals surface area contributed by atoms with Gasteiger partial charge >= 0.3 is 0 Å². The fourth-order valence-corrected chi connectivity index (χ4v) is 2.48. The molecule has 1 N–H and O–H groups in total. The summed E-state index contributed by atoms with van der Waals surface area (Å²) in [5.74, 6) is -1.86. The summed E-state index contributed by atoms with van der Waals surface area (Å²) in [5.41, 5.74) is 0.561. The fraction of sp³-hybridized carbons (Fsp3) is 0.0588. The van der Waals surface area contributed by atoms with Crippen LogP contribution in [-0.2, 0) is 0 Å². The Hall–Kier alpha value is -2.73. The van der Waals surface area contributed by atoms with Gasteiger partial charge in [0.2, 0.25) is 0 Å². The van der Waals surface area contributed by atoms with Crippen molar-refractivity contribution in [3.05, 3.63) is 70.4 Å². The molecule has 24 heavy (non-hydrogen) atoms. The molecule has 0 unspecified atom stereocenters. The number of nitrogens with one attached hydrogen (secondary N) is 1. The summed E-state index contributed by atoms with van der Waals surface area (Å²) in [6, 6.07) is 9.59. The van der Waals surface area contributed by atoms with Gasteiger partial charge in [-0.15, -0.1) is 0 Å². The molecule has 0 aliphatic carbocycles. The molecule has 7 heteroatoms. The topological polar surface area (TPSA) is 55.1 Å². The molecule has 0 saturated carbocycles. The van der Waals surface area contributed by atoms with Gasteiger partial charge in [-0.3, -0.25) is 4.79 Å². The summed E-state index contributed by atoms with van der Waals surface area (Å²) >= 11 is 6.13. The van der Waals surface area contributed by atoms with Gasteiger partial charge in [-0.05, 0) is 25.1 Å². The number of nitrogens with zero attached hydrogens (tertiary/aromatic N) is 1. The zero-order valence-electron chi connectivity index (χ0n) is 12.4. The summed E-state index contributed by atoms with van der Waals surface area (Å²) in [4.78, 5) is 12.5. The van der Waals surface area contributed by atoms with Gasteiger partial charge in [-0.25, -0.2) is 8.78 Å². The number of benzene rings is 2. The van der Waals surface area contributed by atoms with Crippen molar-refractivity contribution < 1.29 is 18.1 Å². The number of aromatic nitrogens is 1. The number of aryl methyl sites for hydroxylation is 1. The van der Waals surface area contributed by atoms with E-state index >= 15 is 0 Å². The number of halogens is 3. The molecular formula is C17H11ClF2N2O2. The van der Waals surface area contributed by atoms with Crippen LogP contribution in [0.4, 0.5) is 14.5 Å². The fourth-order valence-electron chi connectivity index (χ4n) is 2.25. The highest BCUT2D eigenvalue weighted by atomic mass is 35.5. The van der Waals surface area contributed by atoms with Crippen LogP contribution in [0.3, 0.4) is 0 Å². The lowest BCUT2D eigenvalue weighted by Gasteiger charge is -2.07. The molecule has 0 atom stereocenters. The number of hydrogen-bond donors (Lipinski definition) is 1. The molecule has 0 bridgehead atoms. The monoisotopic (exact) mass is 348 g/mol. The third kappa shape index (κ3) is 3.00. The molecule has 3 aromatic rings. The van der Waals surface area contributed by atoms with Gasteiger partial charge in [-0.2, -0.15) is 0 Å². The second-order valence-corrected chi connectivity index (χ2v) is 5.43. The molecule has 0 spiro atoms. The second-order valence-electron chi connectivity index (χ2n) is 5.02. The van der Waals surface area contributed by atoms with Crippen molar-refractivity contribution in [1.82, 2.24) is 5.16 Å². The lowest BCUT2D eigenvalue weighted by atomic mass is 10.1. The van der Waals surface area contributed by atoms with Crippen LogP contribution in [0.15, 0.2) is 47.0 Å². The average molecular weight is 349 g/mol. The van der Waals surface area contributed by atoms with Crippen LogP contribution >= 0.6 is 11.6 Å². The largest absolute Gasteiger partial charge is 0.360 e. The highest BCUT2D eigenvalue weighted by Crippen LogP contribution is 2.31. The Labute approximate surface area is 141 Å². The van der Waals surface area contributed by atoms with Gasteiger partial charge in [0.05, 0.1) is 10.7 Å². The van der Waals surface area contributed by atoms with E-state index in [0.29, 0.717) is 10.6 Å². The predicted octanol–water partition coefficient (Wildman–Crippen LogP) is 4.83. The van der Waals surface area contributed by atoms with Crippen LogP contribution in [0, 0.1) is 18.6 Å². The van der Waals surface area contributed by atoms with E-state index in [9.17, 15) is 13.6 Å². The first-order valence-electron chi connectivity index (χ1n) is 6.95. The summed E-state index contributed by atoms with van der Waals surface area (Å²) in [5, 5.41) is 6.57. The Bertz CT molecular complexity index is 925.